The highest BCUT2D eigenvalue weighted by atomic mass is 32.1. The van der Waals surface area contributed by atoms with Crippen molar-refractivity contribution in [3.63, 3.8) is 0 Å². The smallest absolute Gasteiger partial charge is 0.252 e. The molecule has 1 aromatic heterocycles. The molecule has 1 heterocycles. The first-order chi connectivity index (χ1) is 13.1. The molecule has 0 saturated heterocycles. The Labute approximate surface area is 163 Å². The lowest BCUT2D eigenvalue weighted by Gasteiger charge is -2.03. The lowest BCUT2D eigenvalue weighted by Crippen LogP contribution is -2.17. The highest BCUT2D eigenvalue weighted by Crippen LogP contribution is 2.23. The molecule has 0 bridgehead atoms. The number of carbonyl (C=O) groups excluding carboxylic acids is 1. The third kappa shape index (κ3) is 4.47. The first-order valence-electron chi connectivity index (χ1n) is 8.99. The number of aryl methyl sites for hydroxylation is 1. The Kier molecular flexibility index (Phi) is 6.10. The predicted molar refractivity (Wildman–Crippen MR) is 110 cm³/mol. The summed E-state index contributed by atoms with van der Waals surface area (Å²) in [6, 6.07) is 13.9. The van der Waals surface area contributed by atoms with Crippen molar-refractivity contribution in [3.05, 3.63) is 58.4 Å². The van der Waals surface area contributed by atoms with Gasteiger partial charge < -0.3 is 9.30 Å². The summed E-state index contributed by atoms with van der Waals surface area (Å²) in [4.78, 5) is 17.4. The van der Waals surface area contributed by atoms with Crippen molar-refractivity contribution in [3.8, 4) is 18.1 Å². The highest BCUT2D eigenvalue weighted by molar-refractivity contribution is 7.16. The Morgan fingerprint density at radius 3 is 2.59 bits per heavy atom. The van der Waals surface area contributed by atoms with Gasteiger partial charge in [0.1, 0.15) is 5.75 Å². The van der Waals surface area contributed by atoms with Gasteiger partial charge in [-0.2, -0.15) is 4.99 Å². The number of rotatable bonds is 6. The van der Waals surface area contributed by atoms with Crippen LogP contribution in [0.15, 0.2) is 47.5 Å². The molecule has 1 amide bonds. The molecule has 3 aromatic rings. The van der Waals surface area contributed by atoms with Gasteiger partial charge in [-0.25, -0.2) is 0 Å². The maximum absolute atomic E-state index is 12.5. The number of ether oxygens (including phenoxy) is 1. The fraction of sp³-hybridized carbons (Fsp3) is 0.273. The molecule has 3 rings (SSSR count). The maximum atomic E-state index is 12.5. The van der Waals surface area contributed by atoms with Crippen LogP contribution in [0.4, 0.5) is 0 Å². The molecule has 0 unspecified atom stereocenters. The van der Waals surface area contributed by atoms with Gasteiger partial charge in [-0.15, -0.1) is 6.42 Å². The number of terminal acetylenes is 1. The molecule has 4 nitrogen and oxygen atoms in total. The van der Waals surface area contributed by atoms with Crippen LogP contribution in [0.1, 0.15) is 25.0 Å². The summed E-state index contributed by atoms with van der Waals surface area (Å²) in [5, 5.41) is 0. The van der Waals surface area contributed by atoms with Crippen LogP contribution in [0.25, 0.3) is 10.2 Å². The fourth-order valence-electron chi connectivity index (χ4n) is 2.85. The summed E-state index contributed by atoms with van der Waals surface area (Å²) in [6.07, 6.45) is 6.78. The summed E-state index contributed by atoms with van der Waals surface area (Å²) in [6.45, 7) is 5.03. The second-order valence-electron chi connectivity index (χ2n) is 6.09. The van der Waals surface area contributed by atoms with Gasteiger partial charge in [0.25, 0.3) is 5.91 Å². The second kappa shape index (κ2) is 8.70. The molecule has 0 fully saturated rings. The van der Waals surface area contributed by atoms with E-state index in [0.717, 1.165) is 28.0 Å². The van der Waals surface area contributed by atoms with E-state index in [1.807, 2.05) is 41.8 Å². The molecule has 0 aliphatic carbocycles. The third-order valence-electron chi connectivity index (χ3n) is 4.22. The zero-order valence-electron chi connectivity index (χ0n) is 15.6. The van der Waals surface area contributed by atoms with Crippen LogP contribution in [0.5, 0.6) is 5.75 Å². The number of nitrogens with zero attached hydrogens (tertiary/aromatic N) is 2. The van der Waals surface area contributed by atoms with Gasteiger partial charge in [0.2, 0.25) is 0 Å². The Balaban J connectivity index is 1.94. The van der Waals surface area contributed by atoms with Crippen LogP contribution < -0.4 is 9.54 Å². The van der Waals surface area contributed by atoms with Crippen molar-refractivity contribution >= 4 is 27.5 Å². The van der Waals surface area contributed by atoms with Crippen molar-refractivity contribution in [2.45, 2.75) is 33.2 Å². The quantitative estimate of drug-likeness (QED) is 0.609. The second-order valence-corrected chi connectivity index (χ2v) is 7.10. The molecular formula is C22H22N2O2S. The number of carbonyl (C=O) groups is 1. The molecule has 0 N–H and O–H groups in total. The molecule has 2 aromatic carbocycles. The molecule has 5 heteroatoms. The van der Waals surface area contributed by atoms with Crippen LogP contribution in [0.3, 0.4) is 0 Å². The normalized spacial score (nSPS) is 11.5. The van der Waals surface area contributed by atoms with Crippen LogP contribution in [-0.2, 0) is 24.2 Å². The topological polar surface area (TPSA) is 43.6 Å². The van der Waals surface area contributed by atoms with Crippen molar-refractivity contribution in [1.82, 2.24) is 4.57 Å². The highest BCUT2D eigenvalue weighted by Gasteiger charge is 2.09. The molecular weight excluding hydrogens is 356 g/mol. The molecule has 0 radical (unpaired) electrons. The summed E-state index contributed by atoms with van der Waals surface area (Å²) in [5.74, 6) is 3.27. The predicted octanol–water partition coefficient (Wildman–Crippen LogP) is 3.97. The van der Waals surface area contributed by atoms with E-state index >= 15 is 0 Å². The van der Waals surface area contributed by atoms with Crippen molar-refractivity contribution < 1.29 is 9.53 Å². The molecule has 0 spiro atoms. The minimum absolute atomic E-state index is 0.179. The van der Waals surface area contributed by atoms with Gasteiger partial charge in [-0.1, -0.05) is 48.4 Å². The number of amides is 1. The maximum Gasteiger partial charge on any atom is 0.252 e. The summed E-state index contributed by atoms with van der Waals surface area (Å²) >= 11 is 1.45. The van der Waals surface area contributed by atoms with Gasteiger partial charge >= 0.3 is 0 Å². The average molecular weight is 378 g/mol. The lowest BCUT2D eigenvalue weighted by atomic mass is 10.1. The van der Waals surface area contributed by atoms with Gasteiger partial charge in [0, 0.05) is 0 Å². The zero-order valence-corrected chi connectivity index (χ0v) is 16.4. The van der Waals surface area contributed by atoms with Gasteiger partial charge in [0.15, 0.2) is 4.80 Å². The van der Waals surface area contributed by atoms with Crippen LogP contribution >= 0.6 is 11.3 Å². The molecule has 0 atom stereocenters. The number of fused-ring (bicyclic) bond motifs is 1. The SMILES string of the molecule is C#CCn1c(=NC(=O)Cc2ccc(CC)cc2)sc2cc(OCC)ccc21. The Morgan fingerprint density at radius 1 is 1.19 bits per heavy atom. The van der Waals surface area contributed by atoms with E-state index in [2.05, 4.69) is 30.0 Å². The largest absolute Gasteiger partial charge is 0.494 e. The molecule has 0 saturated carbocycles. The van der Waals surface area contributed by atoms with Gasteiger partial charge in [-0.05, 0) is 42.7 Å². The Morgan fingerprint density at radius 2 is 1.93 bits per heavy atom. The van der Waals surface area contributed by atoms with E-state index in [0.29, 0.717) is 18.0 Å². The number of hydrogen-bond acceptors (Lipinski definition) is 3. The van der Waals surface area contributed by atoms with E-state index in [-0.39, 0.29) is 12.3 Å². The van der Waals surface area contributed by atoms with Crippen LogP contribution in [0, 0.1) is 12.3 Å². The number of benzene rings is 2. The minimum Gasteiger partial charge on any atom is -0.494 e. The van der Waals surface area contributed by atoms with Crippen molar-refractivity contribution in [2.75, 3.05) is 6.61 Å². The number of aromatic nitrogens is 1. The monoisotopic (exact) mass is 378 g/mol. The molecule has 27 heavy (non-hydrogen) atoms. The van der Waals surface area contributed by atoms with Crippen LogP contribution in [-0.4, -0.2) is 17.1 Å². The molecule has 138 valence electrons. The Bertz CT molecular complexity index is 1050. The van der Waals surface area contributed by atoms with Crippen LogP contribution in [0.2, 0.25) is 0 Å². The van der Waals surface area contributed by atoms with E-state index < -0.39 is 0 Å². The van der Waals surface area contributed by atoms with E-state index in [1.54, 1.807) is 0 Å². The van der Waals surface area contributed by atoms with Crippen molar-refractivity contribution in [2.24, 2.45) is 4.99 Å². The summed E-state index contributed by atoms with van der Waals surface area (Å²) in [5.41, 5.74) is 3.18. The molecule has 0 aliphatic rings. The third-order valence-corrected chi connectivity index (χ3v) is 5.26. The van der Waals surface area contributed by atoms with Gasteiger partial charge in [0.05, 0.1) is 29.8 Å². The molecule has 0 aliphatic heterocycles. The lowest BCUT2D eigenvalue weighted by molar-refractivity contribution is -0.117. The van der Waals surface area contributed by atoms with E-state index in [9.17, 15) is 4.79 Å². The zero-order chi connectivity index (χ0) is 19.2. The van der Waals surface area contributed by atoms with E-state index in [4.69, 9.17) is 11.2 Å². The fourth-order valence-corrected chi connectivity index (χ4v) is 3.93. The van der Waals surface area contributed by atoms with Crippen molar-refractivity contribution in [1.29, 1.82) is 0 Å². The first kappa shape index (κ1) is 18.9. The number of thiazole rings is 1. The minimum atomic E-state index is -0.179. The number of hydrogen-bond donors (Lipinski definition) is 0. The van der Waals surface area contributed by atoms with E-state index in [1.165, 1.54) is 16.9 Å². The average Bonchev–Trinajstić information content (AvgIpc) is 2.99. The standard InChI is InChI=1S/C22H22N2O2S/c1-4-13-24-19-12-11-18(26-6-3)15-20(19)27-22(24)23-21(25)14-17-9-7-16(5-2)8-10-17/h1,7-12,15H,5-6,13-14H2,2-3H3. The Hall–Kier alpha value is -2.84. The first-order valence-corrected chi connectivity index (χ1v) is 9.81. The summed E-state index contributed by atoms with van der Waals surface area (Å²) < 4.78 is 8.45. The van der Waals surface area contributed by atoms with Gasteiger partial charge in [-0.3, -0.25) is 4.79 Å². The summed E-state index contributed by atoms with van der Waals surface area (Å²) in [7, 11) is 0.